The Morgan fingerprint density at radius 1 is 1.55 bits per heavy atom. The zero-order valence-corrected chi connectivity index (χ0v) is 13.4. The van der Waals surface area contributed by atoms with Crippen LogP contribution in [0.3, 0.4) is 0 Å². The van der Waals surface area contributed by atoms with Crippen molar-refractivity contribution in [2.75, 3.05) is 13.6 Å². The van der Waals surface area contributed by atoms with E-state index in [2.05, 4.69) is 40.1 Å². The van der Waals surface area contributed by atoms with E-state index in [-0.39, 0.29) is 24.2 Å². The van der Waals surface area contributed by atoms with Gasteiger partial charge in [0.1, 0.15) is 5.82 Å². The van der Waals surface area contributed by atoms with Crippen LogP contribution in [0.4, 0.5) is 4.39 Å². The molecule has 1 aliphatic rings. The Balaban J connectivity index is 1.91. The van der Waals surface area contributed by atoms with Gasteiger partial charge in [-0.1, -0.05) is 15.9 Å². The minimum absolute atomic E-state index is 0.0893. The monoisotopic (exact) mass is 342 g/mol. The van der Waals surface area contributed by atoms with Crippen molar-refractivity contribution in [3.8, 4) is 0 Å². The number of halogens is 2. The molecule has 1 fully saturated rings. The molecule has 2 rings (SSSR count). The van der Waals surface area contributed by atoms with E-state index in [1.807, 2.05) is 0 Å². The number of benzene rings is 1. The number of nitrogens with one attached hydrogen (secondary N) is 1. The van der Waals surface area contributed by atoms with Gasteiger partial charge >= 0.3 is 0 Å². The van der Waals surface area contributed by atoms with Crippen LogP contribution in [-0.2, 0) is 11.2 Å². The molecule has 0 aliphatic carbocycles. The number of rotatable bonds is 3. The van der Waals surface area contributed by atoms with Crippen LogP contribution >= 0.6 is 15.9 Å². The minimum Gasteiger partial charge on any atom is -0.353 e. The molecule has 1 amide bonds. The molecule has 20 heavy (non-hydrogen) atoms. The highest BCUT2D eigenvalue weighted by Crippen LogP contribution is 2.18. The molecule has 1 N–H and O–H groups in total. The second kappa shape index (κ2) is 6.68. The van der Waals surface area contributed by atoms with Crippen LogP contribution in [0, 0.1) is 5.82 Å². The van der Waals surface area contributed by atoms with E-state index in [1.54, 1.807) is 12.1 Å². The zero-order chi connectivity index (χ0) is 14.7. The first-order valence-electron chi connectivity index (χ1n) is 6.89. The highest BCUT2D eigenvalue weighted by atomic mass is 79.9. The number of carbonyl (C=O) groups is 1. The number of hydrogen-bond acceptors (Lipinski definition) is 2. The fraction of sp³-hybridized carbons (Fsp3) is 0.533. The molecule has 0 bridgehead atoms. The standard InChI is InChI=1S/C15H20BrFN2O/c1-10-7-13(5-6-19(10)2)18-15(20)9-11-8-12(16)3-4-14(11)17/h3-4,8,10,13H,5-7,9H2,1-2H3,(H,18,20)/t10-,13-/m1/s1. The predicted octanol–water partition coefficient (Wildman–Crippen LogP) is 2.73. The van der Waals surface area contributed by atoms with Gasteiger partial charge in [-0.05, 0) is 50.6 Å². The van der Waals surface area contributed by atoms with Crippen LogP contribution in [0.5, 0.6) is 0 Å². The van der Waals surface area contributed by atoms with Crippen LogP contribution in [-0.4, -0.2) is 36.5 Å². The van der Waals surface area contributed by atoms with Crippen molar-refractivity contribution in [2.24, 2.45) is 0 Å². The summed E-state index contributed by atoms with van der Waals surface area (Å²) in [6, 6.07) is 5.34. The summed E-state index contributed by atoms with van der Waals surface area (Å²) in [5.74, 6) is -0.441. The molecule has 0 saturated carbocycles. The first kappa shape index (κ1) is 15.4. The van der Waals surface area contributed by atoms with Gasteiger partial charge in [0.2, 0.25) is 5.91 Å². The van der Waals surface area contributed by atoms with E-state index in [9.17, 15) is 9.18 Å². The maximum atomic E-state index is 13.6. The molecule has 110 valence electrons. The molecular formula is C15H20BrFN2O. The molecular weight excluding hydrogens is 323 g/mol. The fourth-order valence-electron chi connectivity index (χ4n) is 2.55. The highest BCUT2D eigenvalue weighted by Gasteiger charge is 2.24. The summed E-state index contributed by atoms with van der Waals surface area (Å²) >= 11 is 3.30. The number of nitrogens with zero attached hydrogens (tertiary/aromatic N) is 1. The lowest BCUT2D eigenvalue weighted by molar-refractivity contribution is -0.121. The summed E-state index contributed by atoms with van der Waals surface area (Å²) in [6.07, 6.45) is 1.99. The van der Waals surface area contributed by atoms with E-state index in [0.29, 0.717) is 11.6 Å². The third kappa shape index (κ3) is 4.03. The van der Waals surface area contributed by atoms with Gasteiger partial charge < -0.3 is 10.2 Å². The van der Waals surface area contributed by atoms with Crippen molar-refractivity contribution in [1.82, 2.24) is 10.2 Å². The maximum Gasteiger partial charge on any atom is 0.224 e. The Bertz CT molecular complexity index is 495. The smallest absolute Gasteiger partial charge is 0.224 e. The molecule has 3 nitrogen and oxygen atoms in total. The second-order valence-electron chi connectivity index (χ2n) is 5.53. The van der Waals surface area contributed by atoms with Crippen molar-refractivity contribution >= 4 is 21.8 Å². The maximum absolute atomic E-state index is 13.6. The van der Waals surface area contributed by atoms with Gasteiger partial charge in [0.15, 0.2) is 0 Å². The van der Waals surface area contributed by atoms with Crippen LogP contribution in [0.2, 0.25) is 0 Å². The van der Waals surface area contributed by atoms with E-state index in [4.69, 9.17) is 0 Å². The predicted molar refractivity (Wildman–Crippen MR) is 81.1 cm³/mol. The van der Waals surface area contributed by atoms with Crippen LogP contribution in [0.25, 0.3) is 0 Å². The summed E-state index contributed by atoms with van der Waals surface area (Å²) in [4.78, 5) is 14.3. The molecule has 0 aromatic heterocycles. The van der Waals surface area contributed by atoms with Gasteiger partial charge in [0, 0.05) is 23.1 Å². The van der Waals surface area contributed by atoms with Crippen molar-refractivity contribution < 1.29 is 9.18 Å². The number of amides is 1. The highest BCUT2D eigenvalue weighted by molar-refractivity contribution is 9.10. The van der Waals surface area contributed by atoms with E-state index >= 15 is 0 Å². The fourth-order valence-corrected chi connectivity index (χ4v) is 2.96. The van der Waals surface area contributed by atoms with Gasteiger partial charge in [0.25, 0.3) is 0 Å². The summed E-state index contributed by atoms with van der Waals surface area (Å²) in [5.41, 5.74) is 0.429. The molecule has 1 aromatic rings. The topological polar surface area (TPSA) is 32.3 Å². The summed E-state index contributed by atoms with van der Waals surface area (Å²) in [5, 5.41) is 3.02. The molecule has 0 unspecified atom stereocenters. The first-order chi connectivity index (χ1) is 9.45. The molecule has 2 atom stereocenters. The van der Waals surface area contributed by atoms with Gasteiger partial charge in [0.05, 0.1) is 6.42 Å². The number of piperidine rings is 1. The third-order valence-electron chi connectivity index (χ3n) is 3.93. The van der Waals surface area contributed by atoms with E-state index < -0.39 is 0 Å². The molecule has 5 heteroatoms. The Kier molecular flexibility index (Phi) is 5.16. The van der Waals surface area contributed by atoms with Crippen molar-refractivity contribution in [3.63, 3.8) is 0 Å². The molecule has 1 heterocycles. The molecule has 1 aliphatic heterocycles. The van der Waals surface area contributed by atoms with Gasteiger partial charge in [-0.3, -0.25) is 4.79 Å². The van der Waals surface area contributed by atoms with Crippen molar-refractivity contribution in [3.05, 3.63) is 34.1 Å². The Morgan fingerprint density at radius 2 is 2.30 bits per heavy atom. The summed E-state index contributed by atoms with van der Waals surface area (Å²) < 4.78 is 14.4. The average Bonchev–Trinajstić information content (AvgIpc) is 2.38. The summed E-state index contributed by atoms with van der Waals surface area (Å²) in [7, 11) is 2.10. The minimum atomic E-state index is -0.333. The van der Waals surface area contributed by atoms with Crippen molar-refractivity contribution in [2.45, 2.75) is 38.3 Å². The number of carbonyl (C=O) groups excluding carboxylic acids is 1. The van der Waals surface area contributed by atoms with E-state index in [0.717, 1.165) is 23.9 Å². The van der Waals surface area contributed by atoms with Gasteiger partial charge in [-0.25, -0.2) is 4.39 Å². The SMILES string of the molecule is C[C@@H]1C[C@H](NC(=O)Cc2cc(Br)ccc2F)CCN1C. The Labute approximate surface area is 127 Å². The van der Waals surface area contributed by atoms with Crippen LogP contribution in [0.1, 0.15) is 25.3 Å². The third-order valence-corrected chi connectivity index (χ3v) is 4.43. The molecule has 0 spiro atoms. The second-order valence-corrected chi connectivity index (χ2v) is 6.45. The van der Waals surface area contributed by atoms with Crippen LogP contribution in [0.15, 0.2) is 22.7 Å². The first-order valence-corrected chi connectivity index (χ1v) is 7.68. The molecule has 1 aromatic carbocycles. The largest absolute Gasteiger partial charge is 0.353 e. The summed E-state index contributed by atoms with van der Waals surface area (Å²) in [6.45, 7) is 3.14. The lowest BCUT2D eigenvalue weighted by atomic mass is 9.98. The molecule has 0 radical (unpaired) electrons. The Morgan fingerprint density at radius 3 is 3.00 bits per heavy atom. The van der Waals surface area contributed by atoms with Crippen LogP contribution < -0.4 is 5.32 Å². The zero-order valence-electron chi connectivity index (χ0n) is 11.8. The van der Waals surface area contributed by atoms with Gasteiger partial charge in [-0.2, -0.15) is 0 Å². The van der Waals surface area contributed by atoms with Crippen molar-refractivity contribution in [1.29, 1.82) is 0 Å². The number of hydrogen-bond donors (Lipinski definition) is 1. The quantitative estimate of drug-likeness (QED) is 0.915. The number of likely N-dealkylation sites (tertiary alicyclic amines) is 1. The normalized spacial score (nSPS) is 23.6. The lowest BCUT2D eigenvalue weighted by Gasteiger charge is -2.35. The Hall–Kier alpha value is -0.940. The van der Waals surface area contributed by atoms with Gasteiger partial charge in [-0.15, -0.1) is 0 Å². The lowest BCUT2D eigenvalue weighted by Crippen LogP contribution is -2.47. The van der Waals surface area contributed by atoms with E-state index in [1.165, 1.54) is 6.07 Å². The molecule has 1 saturated heterocycles. The average molecular weight is 343 g/mol.